The van der Waals surface area contributed by atoms with Crippen molar-refractivity contribution in [1.82, 2.24) is 4.90 Å². The van der Waals surface area contributed by atoms with Crippen LogP contribution >= 0.6 is 0 Å². The molecule has 0 bridgehead atoms. The van der Waals surface area contributed by atoms with Crippen LogP contribution < -0.4 is 0 Å². The molecule has 1 atom stereocenters. The monoisotopic (exact) mass is 271 g/mol. The quantitative estimate of drug-likeness (QED) is 0.787. The number of carbonyl (C=O) groups is 2. The van der Waals surface area contributed by atoms with Gasteiger partial charge < -0.3 is 0 Å². The van der Waals surface area contributed by atoms with E-state index >= 15 is 0 Å². The molecule has 1 aromatic rings. The second-order valence-corrected chi connectivity index (χ2v) is 6.11. The predicted octanol–water partition coefficient (Wildman–Crippen LogP) is 3.64. The molecule has 3 rings (SSSR count). The van der Waals surface area contributed by atoms with Crippen molar-refractivity contribution >= 4 is 11.8 Å². The first kappa shape index (κ1) is 13.3. The summed E-state index contributed by atoms with van der Waals surface area (Å²) >= 11 is 0. The molecule has 1 aliphatic heterocycles. The minimum Gasteiger partial charge on any atom is -0.271 e. The van der Waals surface area contributed by atoms with E-state index in [0.717, 1.165) is 6.42 Å². The van der Waals surface area contributed by atoms with E-state index in [1.54, 1.807) is 12.1 Å². The molecule has 1 saturated carbocycles. The van der Waals surface area contributed by atoms with Crippen LogP contribution in [0, 0.1) is 5.92 Å². The highest BCUT2D eigenvalue weighted by Crippen LogP contribution is 2.31. The highest BCUT2D eigenvalue weighted by molar-refractivity contribution is 6.21. The van der Waals surface area contributed by atoms with Crippen molar-refractivity contribution in [1.29, 1.82) is 0 Å². The van der Waals surface area contributed by atoms with Gasteiger partial charge in [0.2, 0.25) is 0 Å². The smallest absolute Gasteiger partial charge is 0.261 e. The standard InChI is InChI=1S/C17H21NO2/c1-12(11-13-7-3-2-4-8-13)18-16(19)14-9-5-6-10-15(14)17(18)20/h5-6,9-10,12-13H,2-4,7-8,11H2,1H3. The molecule has 0 radical (unpaired) electrons. The molecule has 0 N–H and O–H groups in total. The Hall–Kier alpha value is -1.64. The van der Waals surface area contributed by atoms with Gasteiger partial charge in [-0.25, -0.2) is 0 Å². The highest BCUT2D eigenvalue weighted by atomic mass is 16.2. The zero-order valence-corrected chi connectivity index (χ0v) is 12.0. The Bertz CT molecular complexity index is 497. The first-order valence-corrected chi connectivity index (χ1v) is 7.65. The van der Waals surface area contributed by atoms with Gasteiger partial charge in [-0.15, -0.1) is 0 Å². The minimum atomic E-state index is -0.117. The average Bonchev–Trinajstić information content (AvgIpc) is 2.72. The Balaban J connectivity index is 1.74. The third-order valence-electron chi connectivity index (χ3n) is 4.67. The molecule has 3 nitrogen and oxygen atoms in total. The zero-order chi connectivity index (χ0) is 14.1. The Morgan fingerprint density at radius 2 is 1.60 bits per heavy atom. The molecule has 0 aromatic heterocycles. The second-order valence-electron chi connectivity index (χ2n) is 6.11. The number of nitrogens with zero attached hydrogens (tertiary/aromatic N) is 1. The molecule has 0 spiro atoms. The van der Waals surface area contributed by atoms with Gasteiger partial charge in [-0.2, -0.15) is 0 Å². The van der Waals surface area contributed by atoms with Gasteiger partial charge in [-0.1, -0.05) is 44.2 Å². The number of hydrogen-bond donors (Lipinski definition) is 0. The topological polar surface area (TPSA) is 37.4 Å². The van der Waals surface area contributed by atoms with E-state index in [1.807, 2.05) is 19.1 Å². The van der Waals surface area contributed by atoms with Gasteiger partial charge in [0.1, 0.15) is 0 Å². The maximum atomic E-state index is 12.4. The molecule has 1 aromatic carbocycles. The SMILES string of the molecule is CC(CC1CCCCC1)N1C(=O)c2ccccc2C1=O. The lowest BCUT2D eigenvalue weighted by Crippen LogP contribution is -2.39. The van der Waals surface area contributed by atoms with Crippen molar-refractivity contribution in [3.8, 4) is 0 Å². The maximum absolute atomic E-state index is 12.4. The number of fused-ring (bicyclic) bond motifs is 1. The van der Waals surface area contributed by atoms with E-state index in [1.165, 1.54) is 37.0 Å². The van der Waals surface area contributed by atoms with Crippen LogP contribution in [-0.2, 0) is 0 Å². The maximum Gasteiger partial charge on any atom is 0.261 e. The predicted molar refractivity (Wildman–Crippen MR) is 77.6 cm³/mol. The molecule has 106 valence electrons. The summed E-state index contributed by atoms with van der Waals surface area (Å²) in [4.78, 5) is 26.3. The van der Waals surface area contributed by atoms with Gasteiger partial charge in [0.25, 0.3) is 11.8 Å². The molecule has 2 aliphatic rings. The summed E-state index contributed by atoms with van der Waals surface area (Å²) in [5.41, 5.74) is 1.13. The van der Waals surface area contributed by atoms with Gasteiger partial charge in [0.05, 0.1) is 11.1 Å². The Morgan fingerprint density at radius 3 is 2.15 bits per heavy atom. The normalized spacial score (nSPS) is 21.1. The number of amides is 2. The summed E-state index contributed by atoms with van der Waals surface area (Å²) < 4.78 is 0. The molecule has 1 fully saturated rings. The summed E-state index contributed by atoms with van der Waals surface area (Å²) in [6.07, 6.45) is 7.35. The Labute approximate surface area is 120 Å². The molecule has 0 saturated heterocycles. The van der Waals surface area contributed by atoms with E-state index in [2.05, 4.69) is 0 Å². The Morgan fingerprint density at radius 1 is 1.05 bits per heavy atom. The van der Waals surface area contributed by atoms with Crippen LogP contribution in [0.25, 0.3) is 0 Å². The van der Waals surface area contributed by atoms with Crippen molar-refractivity contribution in [2.75, 3.05) is 0 Å². The van der Waals surface area contributed by atoms with Crippen LogP contribution in [0.5, 0.6) is 0 Å². The fraction of sp³-hybridized carbons (Fsp3) is 0.529. The van der Waals surface area contributed by atoms with Crippen LogP contribution in [0.4, 0.5) is 0 Å². The number of hydrogen-bond acceptors (Lipinski definition) is 2. The number of benzene rings is 1. The third kappa shape index (κ3) is 2.26. The summed E-state index contributed by atoms with van der Waals surface area (Å²) in [5, 5.41) is 0. The van der Waals surface area contributed by atoms with E-state index < -0.39 is 0 Å². The van der Waals surface area contributed by atoms with Gasteiger partial charge in [0, 0.05) is 6.04 Å². The first-order chi connectivity index (χ1) is 9.68. The van der Waals surface area contributed by atoms with Gasteiger partial charge in [-0.05, 0) is 31.4 Å². The molecule has 1 aliphatic carbocycles. The van der Waals surface area contributed by atoms with Crippen molar-refractivity contribution in [2.24, 2.45) is 5.92 Å². The molecule has 3 heteroatoms. The average molecular weight is 271 g/mol. The van der Waals surface area contributed by atoms with Crippen LogP contribution in [0.1, 0.15) is 66.2 Å². The molecule has 2 amide bonds. The summed E-state index contributed by atoms with van der Waals surface area (Å²) in [6.45, 7) is 2.01. The van der Waals surface area contributed by atoms with E-state index in [9.17, 15) is 9.59 Å². The van der Waals surface area contributed by atoms with Crippen LogP contribution in [0.2, 0.25) is 0 Å². The van der Waals surface area contributed by atoms with Crippen molar-refractivity contribution < 1.29 is 9.59 Å². The summed E-state index contributed by atoms with van der Waals surface area (Å²) in [6, 6.07) is 7.15. The fourth-order valence-electron chi connectivity index (χ4n) is 3.62. The number of imide groups is 1. The van der Waals surface area contributed by atoms with Gasteiger partial charge in [0.15, 0.2) is 0 Å². The summed E-state index contributed by atoms with van der Waals surface area (Å²) in [7, 11) is 0. The number of carbonyl (C=O) groups excluding carboxylic acids is 2. The first-order valence-electron chi connectivity index (χ1n) is 7.65. The fourth-order valence-corrected chi connectivity index (χ4v) is 3.62. The lowest BCUT2D eigenvalue weighted by atomic mass is 9.85. The van der Waals surface area contributed by atoms with Crippen LogP contribution in [0.3, 0.4) is 0 Å². The summed E-state index contributed by atoms with van der Waals surface area (Å²) in [5.74, 6) is 0.436. The number of rotatable bonds is 3. The molecular formula is C17H21NO2. The lowest BCUT2D eigenvalue weighted by molar-refractivity contribution is 0.0571. The van der Waals surface area contributed by atoms with Crippen molar-refractivity contribution in [3.63, 3.8) is 0 Å². The lowest BCUT2D eigenvalue weighted by Gasteiger charge is -2.29. The van der Waals surface area contributed by atoms with E-state index in [-0.39, 0.29) is 17.9 Å². The zero-order valence-electron chi connectivity index (χ0n) is 12.0. The van der Waals surface area contributed by atoms with E-state index in [0.29, 0.717) is 17.0 Å². The van der Waals surface area contributed by atoms with Gasteiger partial charge in [-0.3, -0.25) is 14.5 Å². The largest absolute Gasteiger partial charge is 0.271 e. The molecule has 1 unspecified atom stereocenters. The van der Waals surface area contributed by atoms with Gasteiger partial charge >= 0.3 is 0 Å². The Kier molecular flexibility index (Phi) is 3.60. The van der Waals surface area contributed by atoms with E-state index in [4.69, 9.17) is 0 Å². The molecule has 20 heavy (non-hydrogen) atoms. The van der Waals surface area contributed by atoms with Crippen molar-refractivity contribution in [3.05, 3.63) is 35.4 Å². The van der Waals surface area contributed by atoms with Crippen molar-refractivity contribution in [2.45, 2.75) is 51.5 Å². The third-order valence-corrected chi connectivity index (χ3v) is 4.67. The van der Waals surface area contributed by atoms with Crippen LogP contribution in [-0.4, -0.2) is 22.8 Å². The van der Waals surface area contributed by atoms with Crippen LogP contribution in [0.15, 0.2) is 24.3 Å². The highest BCUT2D eigenvalue weighted by Gasteiger charge is 2.38. The molecule has 1 heterocycles. The minimum absolute atomic E-state index is 0.00509. The second kappa shape index (κ2) is 5.39. The molecular weight excluding hydrogens is 250 g/mol.